The van der Waals surface area contributed by atoms with Gasteiger partial charge in [0, 0.05) is 38.3 Å². The van der Waals surface area contributed by atoms with Crippen LogP contribution in [0.15, 0.2) is 11.8 Å². The highest BCUT2D eigenvalue weighted by atomic mass is 15.2. The van der Waals surface area contributed by atoms with Crippen LogP contribution in [0.1, 0.15) is 26.7 Å². The predicted octanol–water partition coefficient (Wildman–Crippen LogP) is 1.93. The Morgan fingerprint density at radius 1 is 1.31 bits per heavy atom. The van der Waals surface area contributed by atoms with Crippen LogP contribution in [0.5, 0.6) is 0 Å². The van der Waals surface area contributed by atoms with Crippen LogP contribution in [0.4, 0.5) is 0 Å². The van der Waals surface area contributed by atoms with Gasteiger partial charge in [-0.1, -0.05) is 6.08 Å². The van der Waals surface area contributed by atoms with E-state index in [0.717, 1.165) is 0 Å². The summed E-state index contributed by atoms with van der Waals surface area (Å²) in [5.41, 5.74) is 1.48. The van der Waals surface area contributed by atoms with E-state index in [4.69, 9.17) is 0 Å². The van der Waals surface area contributed by atoms with Crippen LogP contribution in [0, 0.1) is 0 Å². The molecule has 2 nitrogen and oxygen atoms in total. The Morgan fingerprint density at radius 2 is 1.92 bits per heavy atom. The first kappa shape index (κ1) is 10.6. The molecule has 1 heterocycles. The highest BCUT2D eigenvalue weighted by molar-refractivity contribution is 5.05. The summed E-state index contributed by atoms with van der Waals surface area (Å²) in [6, 6.07) is 1.33. The van der Waals surface area contributed by atoms with E-state index < -0.39 is 0 Å². The van der Waals surface area contributed by atoms with Crippen molar-refractivity contribution in [3.05, 3.63) is 11.8 Å². The second kappa shape index (κ2) is 4.14. The number of rotatable bonds is 1. The van der Waals surface area contributed by atoms with Gasteiger partial charge in [0.05, 0.1) is 0 Å². The second-order valence-electron chi connectivity index (χ2n) is 4.39. The molecule has 1 aliphatic rings. The summed E-state index contributed by atoms with van der Waals surface area (Å²) in [6.45, 7) is 4.60. The maximum atomic E-state index is 2.47. The molecule has 0 radical (unpaired) electrons. The zero-order valence-corrected chi connectivity index (χ0v) is 9.54. The number of hydrogen-bond donors (Lipinski definition) is 0. The molecule has 0 fully saturated rings. The normalized spacial score (nSPS) is 31.0. The minimum atomic E-state index is 0.658. The zero-order chi connectivity index (χ0) is 10.0. The van der Waals surface area contributed by atoms with Crippen LogP contribution in [0.25, 0.3) is 0 Å². The fourth-order valence-electron chi connectivity index (χ4n) is 1.80. The molecule has 0 spiro atoms. The topological polar surface area (TPSA) is 6.48 Å². The molecule has 2 atom stereocenters. The van der Waals surface area contributed by atoms with Crippen molar-refractivity contribution in [3.63, 3.8) is 0 Å². The lowest BCUT2D eigenvalue weighted by molar-refractivity contribution is 0.198. The third-order valence-electron chi connectivity index (χ3n) is 3.16. The van der Waals surface area contributed by atoms with Gasteiger partial charge in [-0.15, -0.1) is 0 Å². The molecule has 0 aromatic heterocycles. The summed E-state index contributed by atoms with van der Waals surface area (Å²) in [5, 5.41) is 0. The molecule has 0 N–H and O–H groups in total. The monoisotopic (exact) mass is 182 g/mol. The molecule has 1 aliphatic heterocycles. The minimum Gasteiger partial charge on any atom is -0.381 e. The van der Waals surface area contributed by atoms with Crippen LogP contribution in [0.2, 0.25) is 0 Å². The summed E-state index contributed by atoms with van der Waals surface area (Å²) >= 11 is 0. The summed E-state index contributed by atoms with van der Waals surface area (Å²) in [4.78, 5) is 4.70. The average molecular weight is 182 g/mol. The molecule has 0 aromatic rings. The fraction of sp³-hybridized carbons (Fsp3) is 0.818. The highest BCUT2D eigenvalue weighted by Gasteiger charge is 2.20. The SMILES string of the molecule is CC1CC=C(N(C)C)CC(C)N1C. The van der Waals surface area contributed by atoms with Crippen LogP contribution in [-0.4, -0.2) is 43.0 Å². The first-order chi connectivity index (χ1) is 6.02. The molecule has 2 heteroatoms. The Hall–Kier alpha value is -0.500. The van der Waals surface area contributed by atoms with Crippen LogP contribution in [0.3, 0.4) is 0 Å². The van der Waals surface area contributed by atoms with Crippen molar-refractivity contribution in [1.82, 2.24) is 9.80 Å². The summed E-state index contributed by atoms with van der Waals surface area (Å²) in [5.74, 6) is 0. The molecule has 76 valence electrons. The molecule has 0 bridgehead atoms. The molecule has 0 aromatic carbocycles. The third-order valence-corrected chi connectivity index (χ3v) is 3.16. The van der Waals surface area contributed by atoms with E-state index in [1.165, 1.54) is 18.5 Å². The fourth-order valence-corrected chi connectivity index (χ4v) is 1.80. The van der Waals surface area contributed by atoms with Crippen molar-refractivity contribution >= 4 is 0 Å². The van der Waals surface area contributed by atoms with Gasteiger partial charge in [0.15, 0.2) is 0 Å². The first-order valence-electron chi connectivity index (χ1n) is 5.10. The van der Waals surface area contributed by atoms with E-state index in [2.05, 4.69) is 50.9 Å². The minimum absolute atomic E-state index is 0.658. The maximum Gasteiger partial charge on any atom is 0.0121 e. The molecular formula is C11H22N2. The quantitative estimate of drug-likeness (QED) is 0.611. The van der Waals surface area contributed by atoms with Crippen molar-refractivity contribution in [2.24, 2.45) is 0 Å². The van der Waals surface area contributed by atoms with E-state index in [1.807, 2.05) is 0 Å². The van der Waals surface area contributed by atoms with Crippen LogP contribution < -0.4 is 0 Å². The highest BCUT2D eigenvalue weighted by Crippen LogP contribution is 2.20. The third kappa shape index (κ3) is 2.47. The van der Waals surface area contributed by atoms with Crippen molar-refractivity contribution in [1.29, 1.82) is 0 Å². The molecular weight excluding hydrogens is 160 g/mol. The van der Waals surface area contributed by atoms with Gasteiger partial charge in [-0.3, -0.25) is 0 Å². The Morgan fingerprint density at radius 3 is 2.46 bits per heavy atom. The molecule has 0 saturated carbocycles. The predicted molar refractivity (Wildman–Crippen MR) is 57.7 cm³/mol. The molecule has 13 heavy (non-hydrogen) atoms. The van der Waals surface area contributed by atoms with E-state index in [-0.39, 0.29) is 0 Å². The van der Waals surface area contributed by atoms with Gasteiger partial charge < -0.3 is 9.80 Å². The van der Waals surface area contributed by atoms with Crippen molar-refractivity contribution < 1.29 is 0 Å². The van der Waals surface area contributed by atoms with Gasteiger partial charge in [-0.05, 0) is 27.3 Å². The summed E-state index contributed by atoms with van der Waals surface area (Å²) in [7, 11) is 6.49. The van der Waals surface area contributed by atoms with Crippen molar-refractivity contribution in [2.75, 3.05) is 21.1 Å². The molecule has 0 aliphatic carbocycles. The van der Waals surface area contributed by atoms with Gasteiger partial charge >= 0.3 is 0 Å². The van der Waals surface area contributed by atoms with Gasteiger partial charge in [-0.2, -0.15) is 0 Å². The maximum absolute atomic E-state index is 2.47. The zero-order valence-electron chi connectivity index (χ0n) is 9.54. The van der Waals surface area contributed by atoms with Gasteiger partial charge in [0.25, 0.3) is 0 Å². The Kier molecular flexibility index (Phi) is 3.37. The Labute approximate surface area is 82.2 Å². The van der Waals surface area contributed by atoms with E-state index in [9.17, 15) is 0 Å². The standard InChI is InChI=1S/C11H22N2/c1-9-6-7-11(12(3)4)8-10(2)13(9)5/h7,9-10H,6,8H2,1-5H3. The second-order valence-corrected chi connectivity index (χ2v) is 4.39. The summed E-state index contributed by atoms with van der Waals surface area (Å²) < 4.78 is 0. The Bertz CT molecular complexity index is 196. The Balaban J connectivity index is 2.71. The molecule has 1 rings (SSSR count). The lowest BCUT2D eigenvalue weighted by Crippen LogP contribution is -2.35. The van der Waals surface area contributed by atoms with Crippen molar-refractivity contribution in [2.45, 2.75) is 38.8 Å². The van der Waals surface area contributed by atoms with Gasteiger partial charge in [0.1, 0.15) is 0 Å². The van der Waals surface area contributed by atoms with Crippen LogP contribution >= 0.6 is 0 Å². The van der Waals surface area contributed by atoms with Crippen molar-refractivity contribution in [3.8, 4) is 0 Å². The first-order valence-corrected chi connectivity index (χ1v) is 5.10. The molecule has 0 saturated heterocycles. The lowest BCUT2D eigenvalue weighted by Gasteiger charge is -2.28. The largest absolute Gasteiger partial charge is 0.381 e. The van der Waals surface area contributed by atoms with Gasteiger partial charge in [0.2, 0.25) is 0 Å². The number of hydrogen-bond acceptors (Lipinski definition) is 2. The average Bonchev–Trinajstić information content (AvgIpc) is 2.19. The summed E-state index contributed by atoms with van der Waals surface area (Å²) in [6.07, 6.45) is 4.73. The van der Waals surface area contributed by atoms with E-state index in [0.29, 0.717) is 12.1 Å². The van der Waals surface area contributed by atoms with Gasteiger partial charge in [-0.25, -0.2) is 0 Å². The van der Waals surface area contributed by atoms with E-state index >= 15 is 0 Å². The molecule has 2 unspecified atom stereocenters. The molecule has 0 amide bonds. The van der Waals surface area contributed by atoms with E-state index in [1.54, 1.807) is 0 Å². The van der Waals surface area contributed by atoms with Crippen LogP contribution in [-0.2, 0) is 0 Å². The lowest BCUT2D eigenvalue weighted by atomic mass is 10.1. The smallest absolute Gasteiger partial charge is 0.0121 e. The number of nitrogens with zero attached hydrogens (tertiary/aromatic N) is 2.